The third kappa shape index (κ3) is 3.73. The van der Waals surface area contributed by atoms with E-state index in [1.807, 2.05) is 39.8 Å². The van der Waals surface area contributed by atoms with Crippen molar-refractivity contribution >= 4 is 17.1 Å². The molecule has 0 radical (unpaired) electrons. The summed E-state index contributed by atoms with van der Waals surface area (Å²) in [4.78, 5) is 14.1. The number of nitrogens with zero attached hydrogens (tertiary/aromatic N) is 7. The van der Waals surface area contributed by atoms with Crippen LogP contribution in [0.15, 0.2) is 49.2 Å². The first kappa shape index (κ1) is 19.7. The molecule has 2 aliphatic rings. The number of hydrogen-bond donors (Lipinski definition) is 1. The van der Waals surface area contributed by atoms with Crippen molar-refractivity contribution in [2.75, 3.05) is 38.5 Å². The van der Waals surface area contributed by atoms with E-state index in [0.29, 0.717) is 12.0 Å². The molecule has 0 bridgehead atoms. The van der Waals surface area contributed by atoms with E-state index in [1.165, 1.54) is 51.9 Å². The molecule has 1 saturated carbocycles. The molecule has 1 aliphatic heterocycles. The summed E-state index contributed by atoms with van der Waals surface area (Å²) in [5, 5.41) is 8.34. The number of hydrogen-bond acceptors (Lipinski definition) is 6. The van der Waals surface area contributed by atoms with E-state index < -0.39 is 0 Å². The summed E-state index contributed by atoms with van der Waals surface area (Å²) in [5.74, 6) is 0.716. The van der Waals surface area contributed by atoms with Crippen molar-refractivity contribution in [1.82, 2.24) is 33.8 Å². The van der Waals surface area contributed by atoms with Crippen LogP contribution in [-0.2, 0) is 0 Å². The third-order valence-electron chi connectivity index (χ3n) is 7.20. The number of anilines is 1. The number of nitrogens with one attached hydrogen (secondary N) is 1. The molecule has 0 unspecified atom stereocenters. The van der Waals surface area contributed by atoms with E-state index in [2.05, 4.69) is 50.5 Å². The summed E-state index contributed by atoms with van der Waals surface area (Å²) in [7, 11) is 2.22. The molecule has 6 rings (SSSR count). The van der Waals surface area contributed by atoms with Crippen LogP contribution >= 0.6 is 0 Å². The third-order valence-corrected chi connectivity index (χ3v) is 7.20. The summed E-state index contributed by atoms with van der Waals surface area (Å²) in [6.45, 7) is 4.81. The van der Waals surface area contributed by atoms with Crippen molar-refractivity contribution in [3.05, 3.63) is 49.2 Å². The van der Waals surface area contributed by atoms with Gasteiger partial charge in [-0.25, -0.2) is 14.5 Å². The highest BCUT2D eigenvalue weighted by molar-refractivity contribution is 5.80. The minimum atomic E-state index is 0.454. The van der Waals surface area contributed by atoms with Crippen molar-refractivity contribution < 1.29 is 0 Å². The van der Waals surface area contributed by atoms with Crippen LogP contribution in [0.25, 0.3) is 22.3 Å². The molecular weight excluding hydrogens is 400 g/mol. The Bertz CT molecular complexity index is 1210. The number of rotatable bonds is 4. The Labute approximate surface area is 187 Å². The van der Waals surface area contributed by atoms with Gasteiger partial charge in [0.1, 0.15) is 5.65 Å². The van der Waals surface area contributed by atoms with Gasteiger partial charge in [-0.2, -0.15) is 0 Å². The molecular formula is C24H30N8. The first-order valence-electron chi connectivity index (χ1n) is 11.7. The van der Waals surface area contributed by atoms with Crippen LogP contribution in [0, 0.1) is 0 Å². The second kappa shape index (κ2) is 8.18. The monoisotopic (exact) mass is 430 g/mol. The predicted molar refractivity (Wildman–Crippen MR) is 126 cm³/mol. The molecule has 0 amide bonds. The van der Waals surface area contributed by atoms with Gasteiger partial charge in [-0.1, -0.05) is 0 Å². The maximum absolute atomic E-state index is 4.74. The lowest BCUT2D eigenvalue weighted by Gasteiger charge is -2.41. The first-order valence-corrected chi connectivity index (χ1v) is 11.7. The summed E-state index contributed by atoms with van der Waals surface area (Å²) in [5.41, 5.74) is 4.21. The van der Waals surface area contributed by atoms with Crippen LogP contribution in [0.1, 0.15) is 25.7 Å². The Morgan fingerprint density at radius 2 is 1.78 bits per heavy atom. The lowest BCUT2D eigenvalue weighted by atomic mass is 9.90. The average Bonchev–Trinajstić information content (AvgIpc) is 3.46. The molecule has 0 spiro atoms. The molecule has 1 saturated heterocycles. The highest BCUT2D eigenvalue weighted by Crippen LogP contribution is 2.28. The molecule has 1 N–H and O–H groups in total. The summed E-state index contributed by atoms with van der Waals surface area (Å²) in [6.07, 6.45) is 14.7. The zero-order valence-electron chi connectivity index (χ0n) is 18.6. The van der Waals surface area contributed by atoms with E-state index in [9.17, 15) is 0 Å². The van der Waals surface area contributed by atoms with Gasteiger partial charge >= 0.3 is 0 Å². The summed E-state index contributed by atoms with van der Waals surface area (Å²) < 4.78 is 3.97. The molecule has 32 heavy (non-hydrogen) atoms. The maximum Gasteiger partial charge on any atom is 0.241 e. The van der Waals surface area contributed by atoms with Crippen molar-refractivity contribution in [1.29, 1.82) is 0 Å². The number of fused-ring (bicyclic) bond motifs is 2. The standard InChI is InChI=1S/C24H30N8/c1-29-12-14-30(15-13-29)20-5-3-19(4-6-20)27-24-26-16-22-21(8-10-32(22)28-24)18-2-7-23-25-9-11-31(23)17-18/h2,7-11,16-17,19-20H,3-6,12-15H2,1H3,(H,27,28)/t19-,20-. The number of likely N-dealkylation sites (N-methyl/N-ethyl adjacent to an activating group) is 1. The topological polar surface area (TPSA) is 66.0 Å². The van der Waals surface area contributed by atoms with Gasteiger partial charge in [-0.05, 0) is 50.9 Å². The SMILES string of the molecule is CN1CCN([C@H]2CC[C@H](Nc3ncc4c(-c5ccc6nccn6c5)ccn4n3)CC2)CC1. The van der Waals surface area contributed by atoms with Crippen molar-refractivity contribution in [3.63, 3.8) is 0 Å². The molecule has 1 aliphatic carbocycles. The highest BCUT2D eigenvalue weighted by atomic mass is 15.3. The zero-order chi connectivity index (χ0) is 21.5. The van der Waals surface area contributed by atoms with Gasteiger partial charge in [0.2, 0.25) is 5.95 Å². The van der Waals surface area contributed by atoms with Gasteiger partial charge in [0.05, 0.1) is 11.7 Å². The number of piperazine rings is 1. The van der Waals surface area contributed by atoms with Gasteiger partial charge < -0.3 is 14.6 Å². The van der Waals surface area contributed by atoms with Crippen LogP contribution in [0.4, 0.5) is 5.95 Å². The Hall–Kier alpha value is -2.97. The van der Waals surface area contributed by atoms with Gasteiger partial charge in [-0.15, -0.1) is 5.10 Å². The molecule has 2 fully saturated rings. The Morgan fingerprint density at radius 1 is 0.938 bits per heavy atom. The molecule has 4 aromatic heterocycles. The van der Waals surface area contributed by atoms with E-state index >= 15 is 0 Å². The largest absolute Gasteiger partial charge is 0.350 e. The maximum atomic E-state index is 4.74. The number of imidazole rings is 1. The Balaban J connectivity index is 1.13. The molecule has 8 heteroatoms. The fraction of sp³-hybridized carbons (Fsp3) is 0.458. The van der Waals surface area contributed by atoms with Crippen LogP contribution in [0.5, 0.6) is 0 Å². The van der Waals surface area contributed by atoms with Crippen molar-refractivity contribution in [3.8, 4) is 11.1 Å². The lowest BCUT2D eigenvalue weighted by molar-refractivity contribution is 0.0893. The van der Waals surface area contributed by atoms with Crippen molar-refractivity contribution in [2.45, 2.75) is 37.8 Å². The second-order valence-corrected chi connectivity index (χ2v) is 9.24. The van der Waals surface area contributed by atoms with Crippen LogP contribution < -0.4 is 5.32 Å². The van der Waals surface area contributed by atoms with E-state index in [1.54, 1.807) is 0 Å². The number of pyridine rings is 1. The van der Waals surface area contributed by atoms with Gasteiger partial charge in [-0.3, -0.25) is 4.90 Å². The molecule has 5 heterocycles. The summed E-state index contributed by atoms with van der Waals surface area (Å²) >= 11 is 0. The van der Waals surface area contributed by atoms with Gasteiger partial charge in [0, 0.05) is 74.2 Å². The fourth-order valence-electron chi connectivity index (χ4n) is 5.24. The quantitative estimate of drug-likeness (QED) is 0.537. The van der Waals surface area contributed by atoms with Crippen LogP contribution in [0.3, 0.4) is 0 Å². The van der Waals surface area contributed by atoms with Gasteiger partial charge in [0.25, 0.3) is 0 Å². The molecule has 166 valence electrons. The zero-order valence-corrected chi connectivity index (χ0v) is 18.6. The Kier molecular flexibility index (Phi) is 5.04. The van der Waals surface area contributed by atoms with Crippen molar-refractivity contribution in [2.24, 2.45) is 0 Å². The molecule has 4 aromatic rings. The minimum absolute atomic E-state index is 0.454. The normalized spacial score (nSPS) is 23.2. The Morgan fingerprint density at radius 3 is 2.62 bits per heavy atom. The summed E-state index contributed by atoms with van der Waals surface area (Å²) in [6, 6.07) is 7.43. The van der Waals surface area contributed by atoms with Crippen LogP contribution in [-0.4, -0.2) is 79.1 Å². The highest BCUT2D eigenvalue weighted by Gasteiger charge is 2.28. The van der Waals surface area contributed by atoms with E-state index in [-0.39, 0.29) is 0 Å². The van der Waals surface area contributed by atoms with Gasteiger partial charge in [0.15, 0.2) is 0 Å². The first-order chi connectivity index (χ1) is 15.7. The predicted octanol–water partition coefficient (Wildman–Crippen LogP) is 3.01. The number of aromatic nitrogens is 5. The van der Waals surface area contributed by atoms with E-state index in [0.717, 1.165) is 28.3 Å². The lowest BCUT2D eigenvalue weighted by Crippen LogP contribution is -2.50. The fourth-order valence-corrected chi connectivity index (χ4v) is 5.24. The molecule has 0 aromatic carbocycles. The smallest absolute Gasteiger partial charge is 0.241 e. The van der Waals surface area contributed by atoms with E-state index in [4.69, 9.17) is 5.10 Å². The molecule has 0 atom stereocenters. The average molecular weight is 431 g/mol. The van der Waals surface area contributed by atoms with Crippen LogP contribution in [0.2, 0.25) is 0 Å². The molecule has 8 nitrogen and oxygen atoms in total. The minimum Gasteiger partial charge on any atom is -0.350 e. The second-order valence-electron chi connectivity index (χ2n) is 9.24.